The topological polar surface area (TPSA) is 52.7 Å². The normalized spacial score (nSPS) is 29.0. The monoisotopic (exact) mass is 337 g/mol. The van der Waals surface area contributed by atoms with E-state index in [9.17, 15) is 8.42 Å². The number of nitrogens with one attached hydrogen (secondary N) is 1. The summed E-state index contributed by atoms with van der Waals surface area (Å²) in [6, 6.07) is 0.440. The third kappa shape index (κ3) is 4.32. The standard InChI is InChI=1S/C14H27N3O2S.ClH/c18-20(19,11-5-13-2-1-3-13)17-8-4-14(12-17)16-9-6-15-7-10-16;/h13-15H,1-12H2;1H. The molecule has 0 aromatic heterocycles. The zero-order valence-electron chi connectivity index (χ0n) is 12.7. The largest absolute Gasteiger partial charge is 0.314 e. The molecule has 0 aromatic rings. The van der Waals surface area contributed by atoms with Gasteiger partial charge in [0.1, 0.15) is 0 Å². The van der Waals surface area contributed by atoms with Crippen molar-refractivity contribution in [2.45, 2.75) is 38.1 Å². The summed E-state index contributed by atoms with van der Waals surface area (Å²) >= 11 is 0. The van der Waals surface area contributed by atoms with E-state index in [0.717, 1.165) is 45.6 Å². The van der Waals surface area contributed by atoms with Crippen LogP contribution in [0, 0.1) is 5.92 Å². The fraction of sp³-hybridized carbons (Fsp3) is 1.00. The first-order chi connectivity index (χ1) is 9.65. The summed E-state index contributed by atoms with van der Waals surface area (Å²) in [4.78, 5) is 2.46. The highest BCUT2D eigenvalue weighted by molar-refractivity contribution is 7.89. The Morgan fingerprint density at radius 1 is 1.05 bits per heavy atom. The Bertz CT molecular complexity index is 422. The molecule has 0 aromatic carbocycles. The first-order valence-electron chi connectivity index (χ1n) is 8.08. The van der Waals surface area contributed by atoms with E-state index >= 15 is 0 Å². The number of halogens is 1. The highest BCUT2D eigenvalue weighted by Crippen LogP contribution is 2.30. The molecule has 1 unspecified atom stereocenters. The van der Waals surface area contributed by atoms with Crippen LogP contribution in [0.25, 0.3) is 0 Å². The van der Waals surface area contributed by atoms with Crippen LogP contribution in [-0.2, 0) is 10.0 Å². The second-order valence-corrected chi connectivity index (χ2v) is 8.58. The van der Waals surface area contributed by atoms with Crippen LogP contribution in [0.2, 0.25) is 0 Å². The predicted molar refractivity (Wildman–Crippen MR) is 87.4 cm³/mol. The van der Waals surface area contributed by atoms with Gasteiger partial charge in [0.05, 0.1) is 5.75 Å². The lowest BCUT2D eigenvalue weighted by molar-refractivity contribution is 0.179. The van der Waals surface area contributed by atoms with Crippen molar-refractivity contribution in [2.75, 3.05) is 45.0 Å². The average Bonchev–Trinajstić information content (AvgIpc) is 2.88. The smallest absolute Gasteiger partial charge is 0.214 e. The van der Waals surface area contributed by atoms with Gasteiger partial charge in [-0.05, 0) is 18.8 Å². The molecule has 1 atom stereocenters. The molecule has 0 radical (unpaired) electrons. The van der Waals surface area contributed by atoms with Crippen molar-refractivity contribution in [3.05, 3.63) is 0 Å². The summed E-state index contributed by atoms with van der Waals surface area (Å²) in [6.07, 6.45) is 5.64. The molecule has 124 valence electrons. The van der Waals surface area contributed by atoms with Crippen molar-refractivity contribution in [3.63, 3.8) is 0 Å². The Hall–Kier alpha value is 0.120. The molecular weight excluding hydrogens is 310 g/mol. The zero-order chi connectivity index (χ0) is 14.0. The van der Waals surface area contributed by atoms with E-state index < -0.39 is 10.0 Å². The van der Waals surface area contributed by atoms with Crippen LogP contribution in [0.1, 0.15) is 32.1 Å². The lowest BCUT2D eigenvalue weighted by Crippen LogP contribution is -2.49. The van der Waals surface area contributed by atoms with Gasteiger partial charge in [-0.15, -0.1) is 12.4 Å². The number of hydrogen-bond donors (Lipinski definition) is 1. The van der Waals surface area contributed by atoms with Crippen LogP contribution < -0.4 is 5.32 Å². The Kier molecular flexibility index (Phi) is 6.32. The Morgan fingerprint density at radius 3 is 2.38 bits per heavy atom. The lowest BCUT2D eigenvalue weighted by atomic mass is 9.84. The Balaban J connectivity index is 0.00000161. The molecule has 0 spiro atoms. The second-order valence-electron chi connectivity index (χ2n) is 6.49. The van der Waals surface area contributed by atoms with Crippen molar-refractivity contribution in [1.82, 2.24) is 14.5 Å². The summed E-state index contributed by atoms with van der Waals surface area (Å²) < 4.78 is 26.5. The first kappa shape index (κ1) is 17.5. The molecule has 2 saturated heterocycles. The van der Waals surface area contributed by atoms with Crippen LogP contribution in [0.4, 0.5) is 0 Å². The summed E-state index contributed by atoms with van der Waals surface area (Å²) in [5, 5.41) is 3.35. The summed E-state index contributed by atoms with van der Waals surface area (Å²) in [6.45, 7) is 5.62. The molecule has 5 nitrogen and oxygen atoms in total. The van der Waals surface area contributed by atoms with E-state index in [-0.39, 0.29) is 12.4 Å². The van der Waals surface area contributed by atoms with Gasteiger partial charge in [-0.1, -0.05) is 19.3 Å². The van der Waals surface area contributed by atoms with Crippen molar-refractivity contribution in [3.8, 4) is 0 Å². The van der Waals surface area contributed by atoms with Crippen LogP contribution in [0.15, 0.2) is 0 Å². The molecular formula is C14H28ClN3O2S. The highest BCUT2D eigenvalue weighted by atomic mass is 35.5. The van der Waals surface area contributed by atoms with E-state index in [1.54, 1.807) is 4.31 Å². The van der Waals surface area contributed by atoms with Gasteiger partial charge >= 0.3 is 0 Å². The molecule has 0 bridgehead atoms. The molecule has 1 aliphatic carbocycles. The number of hydrogen-bond acceptors (Lipinski definition) is 4. The molecule has 3 fully saturated rings. The van der Waals surface area contributed by atoms with Crippen molar-refractivity contribution < 1.29 is 8.42 Å². The number of piperazine rings is 1. The first-order valence-corrected chi connectivity index (χ1v) is 9.69. The lowest BCUT2D eigenvalue weighted by Gasteiger charge is -2.32. The maximum Gasteiger partial charge on any atom is 0.214 e. The predicted octanol–water partition coefficient (Wildman–Crippen LogP) is 0.908. The van der Waals surface area contributed by atoms with Gasteiger partial charge in [0.25, 0.3) is 0 Å². The van der Waals surface area contributed by atoms with Crippen molar-refractivity contribution in [1.29, 1.82) is 0 Å². The van der Waals surface area contributed by atoms with Gasteiger partial charge in [-0.2, -0.15) is 0 Å². The van der Waals surface area contributed by atoms with Gasteiger partial charge in [-0.3, -0.25) is 4.90 Å². The Labute approximate surface area is 134 Å². The minimum Gasteiger partial charge on any atom is -0.314 e. The summed E-state index contributed by atoms with van der Waals surface area (Å²) in [5.41, 5.74) is 0. The van der Waals surface area contributed by atoms with E-state index in [1.165, 1.54) is 19.3 Å². The van der Waals surface area contributed by atoms with Crippen molar-refractivity contribution >= 4 is 22.4 Å². The Morgan fingerprint density at radius 2 is 1.76 bits per heavy atom. The molecule has 2 heterocycles. The fourth-order valence-corrected chi connectivity index (χ4v) is 5.21. The average molecular weight is 338 g/mol. The van der Waals surface area contributed by atoms with Gasteiger partial charge in [0, 0.05) is 45.3 Å². The molecule has 0 amide bonds. The maximum absolute atomic E-state index is 12.4. The molecule has 7 heteroatoms. The van der Waals surface area contributed by atoms with Gasteiger partial charge in [0.2, 0.25) is 10.0 Å². The summed E-state index contributed by atoms with van der Waals surface area (Å²) in [7, 11) is -3.01. The van der Waals surface area contributed by atoms with Crippen molar-refractivity contribution in [2.24, 2.45) is 5.92 Å². The van der Waals surface area contributed by atoms with Gasteiger partial charge in [0.15, 0.2) is 0 Å². The van der Waals surface area contributed by atoms with E-state index in [2.05, 4.69) is 10.2 Å². The minimum absolute atomic E-state index is 0. The van der Waals surface area contributed by atoms with Gasteiger partial charge in [-0.25, -0.2) is 12.7 Å². The van der Waals surface area contributed by atoms with Crippen LogP contribution >= 0.6 is 12.4 Å². The molecule has 1 saturated carbocycles. The van der Waals surface area contributed by atoms with Crippen LogP contribution in [0.3, 0.4) is 0 Å². The van der Waals surface area contributed by atoms with E-state index in [0.29, 0.717) is 24.3 Å². The summed E-state index contributed by atoms with van der Waals surface area (Å²) in [5.74, 6) is 1.04. The molecule has 1 N–H and O–H groups in total. The molecule has 21 heavy (non-hydrogen) atoms. The second kappa shape index (κ2) is 7.59. The SMILES string of the molecule is Cl.O=S(=O)(CCC1CCC1)N1CCC(N2CCNCC2)C1. The molecule has 3 rings (SSSR count). The van der Waals surface area contributed by atoms with E-state index in [1.807, 2.05) is 0 Å². The number of sulfonamides is 1. The quantitative estimate of drug-likeness (QED) is 0.810. The maximum atomic E-state index is 12.4. The zero-order valence-corrected chi connectivity index (χ0v) is 14.3. The number of rotatable bonds is 5. The highest BCUT2D eigenvalue weighted by Gasteiger charge is 2.35. The third-order valence-electron chi connectivity index (χ3n) is 5.20. The van der Waals surface area contributed by atoms with E-state index in [4.69, 9.17) is 0 Å². The van der Waals surface area contributed by atoms with Crippen LogP contribution in [-0.4, -0.2) is 68.7 Å². The molecule has 3 aliphatic rings. The third-order valence-corrected chi connectivity index (χ3v) is 7.07. The number of nitrogens with zero attached hydrogens (tertiary/aromatic N) is 2. The molecule has 2 aliphatic heterocycles. The minimum atomic E-state index is -3.01. The van der Waals surface area contributed by atoms with Crippen LogP contribution in [0.5, 0.6) is 0 Å². The van der Waals surface area contributed by atoms with Gasteiger partial charge < -0.3 is 5.32 Å². The fourth-order valence-electron chi connectivity index (χ4n) is 3.53.